The van der Waals surface area contributed by atoms with Gasteiger partial charge in [0.05, 0.1) is 0 Å². The molecule has 0 heterocycles. The molecule has 0 aliphatic rings. The Morgan fingerprint density at radius 1 is 1.86 bits per heavy atom. The van der Waals surface area contributed by atoms with Crippen LogP contribution in [0, 0.1) is 0 Å². The summed E-state index contributed by atoms with van der Waals surface area (Å²) in [5, 5.41) is 9.75. The van der Waals surface area contributed by atoms with Gasteiger partial charge in [-0.3, -0.25) is 0 Å². The average molecular weight is 356 g/mol. The fourth-order valence-electron chi connectivity index (χ4n) is 0.118. The Labute approximate surface area is 69.0 Å². The molecule has 0 aromatic carbocycles. The molecule has 4 heteroatoms. The predicted octanol–water partition coefficient (Wildman–Crippen LogP) is -1.47. The van der Waals surface area contributed by atoms with E-state index in [0.717, 1.165) is 0 Å². The maximum absolute atomic E-state index is 9.50. The fourth-order valence-corrected chi connectivity index (χ4v) is 0.612. The van der Waals surface area contributed by atoms with E-state index in [-0.39, 0.29) is 47.6 Å². The van der Waals surface area contributed by atoms with Gasteiger partial charge in [-0.25, -0.2) is 0 Å². The van der Waals surface area contributed by atoms with Crippen LogP contribution in [0.5, 0.6) is 0 Å². The van der Waals surface area contributed by atoms with Gasteiger partial charge in [-0.05, 0) is 0 Å². The summed E-state index contributed by atoms with van der Waals surface area (Å²) in [5.41, 5.74) is 0. The molecule has 0 unspecified atom stereocenters. The van der Waals surface area contributed by atoms with Crippen molar-refractivity contribution in [3.63, 3.8) is 0 Å². The van der Waals surface area contributed by atoms with Crippen LogP contribution in [0.1, 0.15) is 0 Å². The maximum Gasteiger partial charge on any atom is 1.00 e. The van der Waals surface area contributed by atoms with Crippen molar-refractivity contribution < 1.29 is 9.90 Å². The third-order valence-corrected chi connectivity index (χ3v) is 1.36. The number of carboxylic acids is 1. The van der Waals surface area contributed by atoms with Gasteiger partial charge in [0, 0.05) is 0 Å². The van der Waals surface area contributed by atoms with Crippen LogP contribution in [0.2, 0.25) is 11.1 Å². The Morgan fingerprint density at radius 3 is 2.29 bits per heavy atom. The van der Waals surface area contributed by atoms with Crippen molar-refractivity contribution in [1.82, 2.24) is 0 Å². The number of carboxylic acid groups (broad SMARTS) is 1. The summed E-state index contributed by atoms with van der Waals surface area (Å²) in [7, 11) is 0. The van der Waals surface area contributed by atoms with Crippen LogP contribution in [0.25, 0.3) is 0 Å². The summed E-state index contributed by atoms with van der Waals surface area (Å²) in [4.78, 5) is 9.50. The van der Waals surface area contributed by atoms with Gasteiger partial charge in [-0.1, -0.05) is 0 Å². The van der Waals surface area contributed by atoms with Gasteiger partial charge in [-0.15, -0.1) is 0 Å². The van der Waals surface area contributed by atoms with Crippen molar-refractivity contribution in [2.75, 3.05) is 0 Å². The predicted molar refractivity (Wildman–Crippen MR) is 27.2 cm³/mol. The number of aliphatic carboxylic acids is 1. The number of carbonyl (C=O) groups excluding carboxylic acids is 1. The molecule has 7 heavy (non-hydrogen) atoms. The monoisotopic (exact) mass is 358 g/mol. The zero-order valence-electron chi connectivity index (χ0n) is 4.01. The fraction of sp³-hybridized carbons (Fsp3) is 0.667. The molecule has 0 radical (unpaired) electrons. The summed E-state index contributed by atoms with van der Waals surface area (Å²) in [6.45, 7) is 0. The van der Waals surface area contributed by atoms with Crippen LogP contribution in [0.4, 0.5) is 0 Å². The van der Waals surface area contributed by atoms with E-state index in [9.17, 15) is 9.90 Å². The van der Waals surface area contributed by atoms with Gasteiger partial charge in [0.2, 0.25) is 0 Å². The van der Waals surface area contributed by atoms with Crippen LogP contribution < -0.4 is 5.11 Å². The molecule has 0 atom stereocenters. The van der Waals surface area contributed by atoms with E-state index < -0.39 is 5.97 Å². The quantitative estimate of drug-likeness (QED) is 0.567. The Kier molecular flexibility index (Phi) is 10.7. The first-order chi connectivity index (χ1) is 2.77. The van der Waals surface area contributed by atoms with E-state index in [1.807, 2.05) is 5.82 Å². The standard InChI is InChI=1S/C3H6O2Se.Tl/c1-6-2-3(4)5;/h2H2,1H3,(H,4,5);/q;+1/p-1. The van der Waals surface area contributed by atoms with Crippen LogP contribution in [-0.4, -0.2) is 48.2 Å². The minimum atomic E-state index is -0.933. The summed E-state index contributed by atoms with van der Waals surface area (Å²) in [5.74, 6) is 0.931. The van der Waals surface area contributed by atoms with Crippen molar-refractivity contribution in [2.24, 2.45) is 0 Å². The summed E-state index contributed by atoms with van der Waals surface area (Å²) in [6.07, 6.45) is 0. The topological polar surface area (TPSA) is 40.1 Å². The van der Waals surface area contributed by atoms with Gasteiger partial charge >= 0.3 is 69.3 Å². The minimum absolute atomic E-state index is 0. The van der Waals surface area contributed by atoms with E-state index in [4.69, 9.17) is 0 Å². The first kappa shape index (κ1) is 10.8. The molecule has 2 nitrogen and oxygen atoms in total. The normalized spacial score (nSPS) is 7.00. The molecular formula is C3H5O2SeTl. The largest absolute Gasteiger partial charge is 1.00 e. The summed E-state index contributed by atoms with van der Waals surface area (Å²) >= 11 is 0.235. The number of rotatable bonds is 2. The molecule has 0 N–H and O–H groups in total. The first-order valence-electron chi connectivity index (χ1n) is 1.46. The zero-order chi connectivity index (χ0) is 4.99. The summed E-state index contributed by atoms with van der Waals surface area (Å²) in [6, 6.07) is 0. The Balaban J connectivity index is 0. The molecule has 0 aliphatic carbocycles. The van der Waals surface area contributed by atoms with Crippen LogP contribution in [0.3, 0.4) is 0 Å². The molecule has 0 aromatic heterocycles. The number of hydrogen-bond acceptors (Lipinski definition) is 2. The second kappa shape index (κ2) is 6.91. The Morgan fingerprint density at radius 2 is 2.29 bits per heavy atom. The molecule has 0 aliphatic heterocycles. The second-order valence-corrected chi connectivity index (χ2v) is 2.62. The molecular weight excluding hydrogens is 351 g/mol. The second-order valence-electron chi connectivity index (χ2n) is 0.805. The molecule has 38 valence electrons. The maximum atomic E-state index is 9.50. The van der Waals surface area contributed by atoms with E-state index in [1.54, 1.807) is 0 Å². The van der Waals surface area contributed by atoms with Gasteiger partial charge in [0.1, 0.15) is 0 Å². The minimum Gasteiger partial charge on any atom is 1.00 e. The Bertz CT molecular complexity index is 56.9. The van der Waals surface area contributed by atoms with Gasteiger partial charge in [0.15, 0.2) is 0 Å². The van der Waals surface area contributed by atoms with Crippen molar-refractivity contribution >= 4 is 48.2 Å². The van der Waals surface area contributed by atoms with Gasteiger partial charge in [-0.2, -0.15) is 0 Å². The van der Waals surface area contributed by atoms with E-state index in [1.165, 1.54) is 0 Å². The van der Waals surface area contributed by atoms with Crippen molar-refractivity contribution in [3.05, 3.63) is 0 Å². The molecule has 0 saturated carbocycles. The van der Waals surface area contributed by atoms with Gasteiger partial charge in [0.25, 0.3) is 0 Å². The zero-order valence-corrected chi connectivity index (χ0v) is 10.2. The molecule has 0 rings (SSSR count). The van der Waals surface area contributed by atoms with E-state index >= 15 is 0 Å². The van der Waals surface area contributed by atoms with Crippen molar-refractivity contribution in [2.45, 2.75) is 11.1 Å². The van der Waals surface area contributed by atoms with Gasteiger partial charge < -0.3 is 0 Å². The molecule has 0 amide bonds. The molecule has 0 aromatic rings. The van der Waals surface area contributed by atoms with Crippen LogP contribution in [-0.2, 0) is 4.79 Å². The van der Waals surface area contributed by atoms with Crippen LogP contribution in [0.15, 0.2) is 0 Å². The third kappa shape index (κ3) is 10.9. The SMILES string of the molecule is C[Se]CC(=O)[O-].[Tl+]. The third-order valence-electron chi connectivity index (χ3n) is 0.262. The van der Waals surface area contributed by atoms with Crippen LogP contribution >= 0.6 is 0 Å². The average Bonchev–Trinajstić information content (AvgIpc) is 1.35. The summed E-state index contributed by atoms with van der Waals surface area (Å²) < 4.78 is 0. The first-order valence-corrected chi connectivity index (χ1v) is 4.38. The molecule has 0 bridgehead atoms. The van der Waals surface area contributed by atoms with Crippen molar-refractivity contribution in [1.29, 1.82) is 0 Å². The molecule has 0 spiro atoms. The molecule has 0 saturated heterocycles. The number of carbonyl (C=O) groups is 1. The number of hydrogen-bond donors (Lipinski definition) is 0. The Hall–Kier alpha value is 0.912. The van der Waals surface area contributed by atoms with Crippen molar-refractivity contribution in [3.8, 4) is 0 Å². The smallest absolute Gasteiger partial charge is 1.00 e. The van der Waals surface area contributed by atoms with E-state index in [0.29, 0.717) is 0 Å². The molecule has 0 fully saturated rings. The van der Waals surface area contributed by atoms with E-state index in [2.05, 4.69) is 0 Å².